The van der Waals surface area contributed by atoms with Gasteiger partial charge in [0.05, 0.1) is 6.61 Å². The monoisotopic (exact) mass is 174 g/mol. The molecule has 0 bridgehead atoms. The molecule has 2 aliphatic rings. The Hall–Kier alpha value is -0.160. The fraction of sp³-hybridized carbons (Fsp3) is 1.00. The number of rotatable bonds is 1. The number of methoxy groups -OCH3 is 1. The van der Waals surface area contributed by atoms with Crippen molar-refractivity contribution < 1.29 is 18.9 Å². The average molecular weight is 174 g/mol. The van der Waals surface area contributed by atoms with Crippen LogP contribution in [0.4, 0.5) is 0 Å². The third-order valence-corrected chi connectivity index (χ3v) is 2.18. The van der Waals surface area contributed by atoms with Crippen LogP contribution in [0.5, 0.6) is 0 Å². The van der Waals surface area contributed by atoms with Crippen molar-refractivity contribution in [2.24, 2.45) is 0 Å². The predicted octanol–water partition coefficient (Wildman–Crippen LogP) is 0.509. The molecule has 3 atom stereocenters. The average Bonchev–Trinajstić information content (AvgIpc) is 2.42. The van der Waals surface area contributed by atoms with Gasteiger partial charge in [0.15, 0.2) is 12.1 Å². The van der Waals surface area contributed by atoms with Gasteiger partial charge in [-0.1, -0.05) is 0 Å². The van der Waals surface area contributed by atoms with Crippen molar-refractivity contribution in [1.82, 2.24) is 0 Å². The molecule has 0 aromatic carbocycles. The summed E-state index contributed by atoms with van der Waals surface area (Å²) in [6.07, 6.45) is -0.299. The van der Waals surface area contributed by atoms with Crippen LogP contribution in [0, 0.1) is 0 Å². The van der Waals surface area contributed by atoms with Gasteiger partial charge in [-0.25, -0.2) is 0 Å². The van der Waals surface area contributed by atoms with Gasteiger partial charge in [-0.3, -0.25) is 0 Å². The Morgan fingerprint density at radius 2 is 2.08 bits per heavy atom. The molecule has 0 aromatic rings. The highest BCUT2D eigenvalue weighted by Crippen LogP contribution is 2.35. The van der Waals surface area contributed by atoms with Gasteiger partial charge in [-0.2, -0.15) is 0 Å². The molecule has 0 aliphatic carbocycles. The van der Waals surface area contributed by atoms with E-state index < -0.39 is 5.79 Å². The SMILES string of the molecule is CO[C@H]1CO[C@@H]2OC(C)(C)O[C@@H]21. The van der Waals surface area contributed by atoms with E-state index in [-0.39, 0.29) is 18.5 Å². The summed E-state index contributed by atoms with van der Waals surface area (Å²) in [5.41, 5.74) is 0. The van der Waals surface area contributed by atoms with Crippen molar-refractivity contribution in [3.8, 4) is 0 Å². The third-order valence-electron chi connectivity index (χ3n) is 2.18. The van der Waals surface area contributed by atoms with Crippen LogP contribution in [0.15, 0.2) is 0 Å². The summed E-state index contributed by atoms with van der Waals surface area (Å²) in [6.45, 7) is 4.31. The van der Waals surface area contributed by atoms with E-state index in [1.54, 1.807) is 7.11 Å². The molecule has 0 unspecified atom stereocenters. The topological polar surface area (TPSA) is 36.9 Å². The summed E-state index contributed by atoms with van der Waals surface area (Å²) in [5.74, 6) is -0.535. The van der Waals surface area contributed by atoms with Crippen molar-refractivity contribution in [2.45, 2.75) is 38.1 Å². The van der Waals surface area contributed by atoms with E-state index in [1.807, 2.05) is 13.8 Å². The predicted molar refractivity (Wildman–Crippen MR) is 40.6 cm³/mol. The maximum atomic E-state index is 5.60. The first-order chi connectivity index (χ1) is 5.62. The summed E-state index contributed by atoms with van der Waals surface area (Å²) < 4.78 is 21.6. The van der Waals surface area contributed by atoms with E-state index in [9.17, 15) is 0 Å². The zero-order valence-corrected chi connectivity index (χ0v) is 7.57. The highest BCUT2D eigenvalue weighted by Gasteiger charge is 2.50. The Morgan fingerprint density at radius 1 is 1.33 bits per heavy atom. The summed E-state index contributed by atoms with van der Waals surface area (Å²) in [7, 11) is 1.66. The fourth-order valence-corrected chi connectivity index (χ4v) is 1.62. The van der Waals surface area contributed by atoms with Crippen LogP contribution in [0.3, 0.4) is 0 Å². The maximum Gasteiger partial charge on any atom is 0.189 e. The lowest BCUT2D eigenvalue weighted by Crippen LogP contribution is -2.31. The van der Waals surface area contributed by atoms with Crippen LogP contribution in [-0.2, 0) is 18.9 Å². The molecule has 12 heavy (non-hydrogen) atoms. The van der Waals surface area contributed by atoms with Gasteiger partial charge >= 0.3 is 0 Å². The van der Waals surface area contributed by atoms with Gasteiger partial charge in [0, 0.05) is 7.11 Å². The Balaban J connectivity index is 2.06. The molecule has 0 spiro atoms. The van der Waals surface area contributed by atoms with Crippen LogP contribution < -0.4 is 0 Å². The number of ether oxygens (including phenoxy) is 4. The fourth-order valence-electron chi connectivity index (χ4n) is 1.62. The molecule has 70 valence electrons. The minimum absolute atomic E-state index is 0.0109. The van der Waals surface area contributed by atoms with E-state index in [2.05, 4.69) is 0 Å². The van der Waals surface area contributed by atoms with Gasteiger partial charge in [0.25, 0.3) is 0 Å². The minimum Gasteiger partial charge on any atom is -0.376 e. The normalized spacial score (nSPS) is 44.8. The lowest BCUT2D eigenvalue weighted by molar-refractivity contribution is -0.201. The second-order valence-corrected chi connectivity index (χ2v) is 3.58. The quantitative estimate of drug-likeness (QED) is 0.580. The summed E-state index contributed by atoms with van der Waals surface area (Å²) in [4.78, 5) is 0. The molecule has 0 saturated carbocycles. The van der Waals surface area contributed by atoms with Crippen molar-refractivity contribution in [3.63, 3.8) is 0 Å². The number of hydrogen-bond acceptors (Lipinski definition) is 4. The Kier molecular flexibility index (Phi) is 1.88. The lowest BCUT2D eigenvalue weighted by atomic mass is 10.2. The number of fused-ring (bicyclic) bond motifs is 1. The molecule has 2 fully saturated rings. The maximum absolute atomic E-state index is 5.60. The molecule has 0 aromatic heterocycles. The summed E-state index contributed by atoms with van der Waals surface area (Å²) >= 11 is 0. The van der Waals surface area contributed by atoms with E-state index in [1.165, 1.54) is 0 Å². The van der Waals surface area contributed by atoms with Gasteiger partial charge in [-0.05, 0) is 13.8 Å². The van der Waals surface area contributed by atoms with Crippen LogP contribution in [0.1, 0.15) is 13.8 Å². The van der Waals surface area contributed by atoms with Gasteiger partial charge in [0.2, 0.25) is 0 Å². The molecule has 0 N–H and O–H groups in total. The molecule has 2 heterocycles. The number of hydrogen-bond donors (Lipinski definition) is 0. The molecule has 2 saturated heterocycles. The highest BCUT2D eigenvalue weighted by molar-refractivity contribution is 4.87. The Morgan fingerprint density at radius 3 is 2.75 bits per heavy atom. The van der Waals surface area contributed by atoms with Crippen molar-refractivity contribution in [3.05, 3.63) is 0 Å². The van der Waals surface area contributed by atoms with E-state index in [0.717, 1.165) is 0 Å². The second kappa shape index (κ2) is 2.67. The molecule has 0 amide bonds. The van der Waals surface area contributed by atoms with Crippen LogP contribution in [-0.4, -0.2) is 38.0 Å². The van der Waals surface area contributed by atoms with Gasteiger partial charge < -0.3 is 18.9 Å². The first kappa shape index (κ1) is 8.44. The second-order valence-electron chi connectivity index (χ2n) is 3.58. The highest BCUT2D eigenvalue weighted by atomic mass is 16.8. The summed E-state index contributed by atoms with van der Waals surface area (Å²) in [5, 5.41) is 0. The van der Waals surface area contributed by atoms with Crippen molar-refractivity contribution in [2.75, 3.05) is 13.7 Å². The first-order valence-corrected chi connectivity index (χ1v) is 4.12. The van der Waals surface area contributed by atoms with Gasteiger partial charge in [0.1, 0.15) is 12.2 Å². The van der Waals surface area contributed by atoms with Crippen molar-refractivity contribution in [1.29, 1.82) is 0 Å². The van der Waals surface area contributed by atoms with E-state index in [4.69, 9.17) is 18.9 Å². The van der Waals surface area contributed by atoms with Crippen LogP contribution in [0.2, 0.25) is 0 Å². The Bertz CT molecular complexity index is 180. The third kappa shape index (κ3) is 1.25. The van der Waals surface area contributed by atoms with Crippen molar-refractivity contribution >= 4 is 0 Å². The van der Waals surface area contributed by atoms with E-state index >= 15 is 0 Å². The first-order valence-electron chi connectivity index (χ1n) is 4.12. The molecule has 4 heteroatoms. The smallest absolute Gasteiger partial charge is 0.189 e. The zero-order valence-electron chi connectivity index (χ0n) is 7.57. The van der Waals surface area contributed by atoms with E-state index in [0.29, 0.717) is 6.61 Å². The largest absolute Gasteiger partial charge is 0.376 e. The molecule has 4 nitrogen and oxygen atoms in total. The Labute approximate surface area is 71.7 Å². The van der Waals surface area contributed by atoms with Gasteiger partial charge in [-0.15, -0.1) is 0 Å². The molecule has 2 rings (SSSR count). The zero-order chi connectivity index (χ0) is 8.77. The van der Waals surface area contributed by atoms with Crippen LogP contribution >= 0.6 is 0 Å². The molecule has 2 aliphatic heterocycles. The standard InChI is InChI=1S/C8H14O4/c1-8(2)11-6-5(9-3)4-10-7(6)12-8/h5-7H,4H2,1-3H3/t5-,6+,7+/m0/s1. The summed E-state index contributed by atoms with van der Waals surface area (Å²) in [6, 6.07) is 0. The molecule has 0 radical (unpaired) electrons. The minimum atomic E-state index is -0.535. The lowest BCUT2D eigenvalue weighted by Gasteiger charge is -2.19. The van der Waals surface area contributed by atoms with Crippen LogP contribution in [0.25, 0.3) is 0 Å². The molecular formula is C8H14O4. The molecular weight excluding hydrogens is 160 g/mol.